The second kappa shape index (κ2) is 5.51. The van der Waals surface area contributed by atoms with Gasteiger partial charge in [0.2, 0.25) is 0 Å². The summed E-state index contributed by atoms with van der Waals surface area (Å²) < 4.78 is 39.4. The molecule has 8 heteroatoms. The van der Waals surface area contributed by atoms with Gasteiger partial charge in [-0.05, 0) is 33.1 Å². The zero-order valence-corrected chi connectivity index (χ0v) is 12.8. The number of nitrogens with zero attached hydrogens (tertiary/aromatic N) is 3. The number of carbonyl (C=O) groups excluding carboxylic acids is 1. The number of amides is 1. The number of aryl methyl sites for hydroxylation is 1. The standard InChI is InChI=1S/C13H17ClF3N3O/c1-7-5-4-6-8(2)20(7)12(21)10-9(14)11(13(15,16)17)18-19(10)3/h7-8H,4-6H2,1-3H3/t7-,8-/m1/s1. The molecule has 2 rings (SSSR count). The summed E-state index contributed by atoms with van der Waals surface area (Å²) in [6.45, 7) is 3.78. The predicted molar refractivity (Wildman–Crippen MR) is 72.2 cm³/mol. The third-order valence-electron chi connectivity index (χ3n) is 3.89. The van der Waals surface area contributed by atoms with Crippen LogP contribution in [0.1, 0.15) is 49.3 Å². The third-order valence-corrected chi connectivity index (χ3v) is 4.25. The lowest BCUT2D eigenvalue weighted by Crippen LogP contribution is -2.48. The van der Waals surface area contributed by atoms with Crippen molar-refractivity contribution < 1.29 is 18.0 Å². The molecule has 1 aromatic heterocycles. The summed E-state index contributed by atoms with van der Waals surface area (Å²) in [4.78, 5) is 14.2. The highest BCUT2D eigenvalue weighted by atomic mass is 35.5. The molecule has 1 fully saturated rings. The fraction of sp³-hybridized carbons (Fsp3) is 0.692. The lowest BCUT2D eigenvalue weighted by molar-refractivity contribution is -0.141. The van der Waals surface area contributed by atoms with Gasteiger partial charge in [0.15, 0.2) is 5.69 Å². The molecular formula is C13H17ClF3N3O. The minimum absolute atomic E-state index is 0.0263. The Hall–Kier alpha value is -1.24. The summed E-state index contributed by atoms with van der Waals surface area (Å²) in [5, 5.41) is 2.73. The highest BCUT2D eigenvalue weighted by molar-refractivity contribution is 6.34. The molecule has 21 heavy (non-hydrogen) atoms. The van der Waals surface area contributed by atoms with Crippen LogP contribution in [-0.2, 0) is 13.2 Å². The van der Waals surface area contributed by atoms with Crippen molar-refractivity contribution in [3.8, 4) is 0 Å². The van der Waals surface area contributed by atoms with Crippen molar-refractivity contribution >= 4 is 17.5 Å². The molecule has 1 aliphatic heterocycles. The molecule has 0 bridgehead atoms. The summed E-state index contributed by atoms with van der Waals surface area (Å²) in [6, 6.07) is -0.0527. The maximum atomic E-state index is 12.8. The van der Waals surface area contributed by atoms with Gasteiger partial charge >= 0.3 is 6.18 Å². The fourth-order valence-electron chi connectivity index (χ4n) is 2.86. The highest BCUT2D eigenvalue weighted by Gasteiger charge is 2.41. The summed E-state index contributed by atoms with van der Waals surface area (Å²) in [5.41, 5.74) is -1.42. The first-order chi connectivity index (χ1) is 9.64. The number of hydrogen-bond donors (Lipinski definition) is 0. The van der Waals surface area contributed by atoms with Gasteiger partial charge in [-0.3, -0.25) is 9.48 Å². The Morgan fingerprint density at radius 2 is 1.81 bits per heavy atom. The fourth-order valence-corrected chi connectivity index (χ4v) is 3.20. The Balaban J connectivity index is 2.42. The van der Waals surface area contributed by atoms with Crippen molar-refractivity contribution in [3.05, 3.63) is 16.4 Å². The molecule has 0 aliphatic carbocycles. The average Bonchev–Trinajstić information content (AvgIpc) is 2.64. The smallest absolute Gasteiger partial charge is 0.332 e. The first kappa shape index (κ1) is 16.1. The molecule has 1 aliphatic rings. The van der Waals surface area contributed by atoms with Crippen LogP contribution in [0.25, 0.3) is 0 Å². The van der Waals surface area contributed by atoms with Crippen LogP contribution in [-0.4, -0.2) is 32.7 Å². The van der Waals surface area contributed by atoms with Crippen LogP contribution in [0.2, 0.25) is 5.02 Å². The quantitative estimate of drug-likeness (QED) is 0.793. The lowest BCUT2D eigenvalue weighted by atomic mass is 9.97. The summed E-state index contributed by atoms with van der Waals surface area (Å²) in [6.07, 6.45) is -2.01. The second-order valence-corrected chi connectivity index (χ2v) is 5.85. The number of likely N-dealkylation sites (tertiary alicyclic amines) is 1. The van der Waals surface area contributed by atoms with E-state index >= 15 is 0 Å². The molecule has 0 radical (unpaired) electrons. The van der Waals surface area contributed by atoms with Gasteiger partial charge < -0.3 is 4.90 Å². The molecular weight excluding hydrogens is 307 g/mol. The molecule has 1 amide bonds. The van der Waals surface area contributed by atoms with E-state index in [-0.39, 0.29) is 17.8 Å². The number of rotatable bonds is 1. The topological polar surface area (TPSA) is 38.1 Å². The lowest BCUT2D eigenvalue weighted by Gasteiger charge is -2.39. The minimum Gasteiger partial charge on any atom is -0.332 e. The van der Waals surface area contributed by atoms with E-state index in [2.05, 4.69) is 5.10 Å². The minimum atomic E-state index is -4.67. The van der Waals surface area contributed by atoms with Gasteiger partial charge in [-0.25, -0.2) is 0 Å². The third kappa shape index (κ3) is 2.88. The number of alkyl halides is 3. The maximum Gasteiger partial charge on any atom is 0.436 e. The van der Waals surface area contributed by atoms with Crippen LogP contribution in [0, 0.1) is 0 Å². The van der Waals surface area contributed by atoms with Crippen LogP contribution in [0.5, 0.6) is 0 Å². The van der Waals surface area contributed by atoms with Crippen molar-refractivity contribution in [2.75, 3.05) is 0 Å². The Bertz CT molecular complexity index is 546. The molecule has 118 valence electrons. The Morgan fingerprint density at radius 3 is 2.24 bits per heavy atom. The Labute approximate surface area is 125 Å². The van der Waals surface area contributed by atoms with E-state index < -0.39 is 22.8 Å². The number of piperidine rings is 1. The van der Waals surface area contributed by atoms with E-state index in [1.807, 2.05) is 13.8 Å². The van der Waals surface area contributed by atoms with Crippen molar-refractivity contribution in [2.45, 2.75) is 51.4 Å². The van der Waals surface area contributed by atoms with Crippen LogP contribution in [0.4, 0.5) is 13.2 Å². The molecule has 2 heterocycles. The Morgan fingerprint density at radius 1 is 1.29 bits per heavy atom. The zero-order valence-electron chi connectivity index (χ0n) is 12.0. The molecule has 4 nitrogen and oxygen atoms in total. The highest BCUT2D eigenvalue weighted by Crippen LogP contribution is 2.36. The maximum absolute atomic E-state index is 12.8. The van der Waals surface area contributed by atoms with Gasteiger partial charge in [0.1, 0.15) is 10.7 Å². The Kier molecular flexibility index (Phi) is 4.24. The van der Waals surface area contributed by atoms with E-state index in [0.29, 0.717) is 0 Å². The number of halogens is 4. The number of hydrogen-bond acceptors (Lipinski definition) is 2. The van der Waals surface area contributed by atoms with E-state index in [1.54, 1.807) is 4.90 Å². The SMILES string of the molecule is C[C@@H]1CCC[C@@H](C)N1C(=O)c1c(Cl)c(C(F)(F)F)nn1C. The number of carbonyl (C=O) groups is 1. The van der Waals surface area contributed by atoms with Crippen molar-refractivity contribution in [3.63, 3.8) is 0 Å². The van der Waals surface area contributed by atoms with Gasteiger partial charge in [0, 0.05) is 19.1 Å². The first-order valence-electron chi connectivity index (χ1n) is 6.77. The van der Waals surface area contributed by atoms with Crippen LogP contribution < -0.4 is 0 Å². The predicted octanol–water partition coefficient (Wildman–Crippen LogP) is 3.50. The van der Waals surface area contributed by atoms with Crippen molar-refractivity contribution in [2.24, 2.45) is 7.05 Å². The normalized spacial score (nSPS) is 23.5. The van der Waals surface area contributed by atoms with E-state index in [1.165, 1.54) is 7.05 Å². The van der Waals surface area contributed by atoms with Gasteiger partial charge in [-0.15, -0.1) is 0 Å². The molecule has 0 aromatic carbocycles. The van der Waals surface area contributed by atoms with Gasteiger partial charge in [0.05, 0.1) is 0 Å². The van der Waals surface area contributed by atoms with Gasteiger partial charge in [-0.1, -0.05) is 11.6 Å². The van der Waals surface area contributed by atoms with E-state index in [9.17, 15) is 18.0 Å². The molecule has 0 spiro atoms. The van der Waals surface area contributed by atoms with Gasteiger partial charge in [-0.2, -0.15) is 18.3 Å². The monoisotopic (exact) mass is 323 g/mol. The van der Waals surface area contributed by atoms with Crippen LogP contribution >= 0.6 is 11.6 Å². The van der Waals surface area contributed by atoms with Crippen LogP contribution in [0.15, 0.2) is 0 Å². The molecule has 0 unspecified atom stereocenters. The second-order valence-electron chi connectivity index (χ2n) is 5.47. The molecule has 2 atom stereocenters. The zero-order chi connectivity index (χ0) is 15.9. The first-order valence-corrected chi connectivity index (χ1v) is 7.14. The molecule has 1 aromatic rings. The van der Waals surface area contributed by atoms with E-state index in [0.717, 1.165) is 23.9 Å². The van der Waals surface area contributed by atoms with Crippen molar-refractivity contribution in [1.82, 2.24) is 14.7 Å². The van der Waals surface area contributed by atoms with Gasteiger partial charge in [0.25, 0.3) is 5.91 Å². The summed E-state index contributed by atoms with van der Waals surface area (Å²) in [7, 11) is 1.30. The summed E-state index contributed by atoms with van der Waals surface area (Å²) >= 11 is 5.77. The molecule has 0 saturated carbocycles. The molecule has 1 saturated heterocycles. The largest absolute Gasteiger partial charge is 0.436 e. The van der Waals surface area contributed by atoms with Crippen LogP contribution in [0.3, 0.4) is 0 Å². The summed E-state index contributed by atoms with van der Waals surface area (Å²) in [5.74, 6) is -0.495. The van der Waals surface area contributed by atoms with Crippen molar-refractivity contribution in [1.29, 1.82) is 0 Å². The van der Waals surface area contributed by atoms with E-state index in [4.69, 9.17) is 11.6 Å². The molecule has 0 N–H and O–H groups in total. The number of aromatic nitrogens is 2. The average molecular weight is 324 g/mol.